The van der Waals surface area contributed by atoms with Crippen molar-refractivity contribution in [3.8, 4) is 0 Å². The van der Waals surface area contributed by atoms with Crippen molar-refractivity contribution >= 4 is 40.2 Å². The molecule has 0 atom stereocenters. The molecule has 37 heavy (non-hydrogen) atoms. The summed E-state index contributed by atoms with van der Waals surface area (Å²) in [7, 11) is 0. The number of thiophene rings is 1. The number of Topliss-reactive ketones (excluding diaryl/α,β-unsaturated/α-hetero) is 1. The Morgan fingerprint density at radius 1 is 1.00 bits per heavy atom. The first-order chi connectivity index (χ1) is 17.7. The molecule has 2 aliphatic rings. The van der Waals surface area contributed by atoms with Crippen molar-refractivity contribution < 1.29 is 22.8 Å². The van der Waals surface area contributed by atoms with Crippen molar-refractivity contribution in [1.29, 1.82) is 0 Å². The van der Waals surface area contributed by atoms with E-state index in [9.17, 15) is 22.8 Å². The molecule has 0 radical (unpaired) electrons. The van der Waals surface area contributed by atoms with Crippen LogP contribution in [0.4, 0.5) is 18.2 Å². The Morgan fingerprint density at radius 2 is 1.70 bits per heavy atom. The third kappa shape index (κ3) is 7.06. The number of aliphatic imine (C=N–C) groups is 2. The summed E-state index contributed by atoms with van der Waals surface area (Å²) in [5, 5.41) is 1.03. The Labute approximate surface area is 218 Å². The normalized spacial score (nSPS) is 15.8. The Hall–Kier alpha value is -3.01. The van der Waals surface area contributed by atoms with Gasteiger partial charge >= 0.3 is 6.18 Å². The SMILES string of the molecule is CCc1cc2c(s1)N=CN=C(N1CCN(C(=O)CCCCCC(=O)c3ccc(C(F)(F)F)cc3)CC1)C2. The number of unbranched alkanes of at least 4 members (excludes halogenated alkanes) is 2. The lowest BCUT2D eigenvalue weighted by Crippen LogP contribution is -2.51. The van der Waals surface area contributed by atoms with E-state index in [1.807, 2.05) is 4.90 Å². The molecule has 0 saturated carbocycles. The summed E-state index contributed by atoms with van der Waals surface area (Å²) in [5.41, 5.74) is 0.735. The number of nitrogens with zero attached hydrogens (tertiary/aromatic N) is 4. The fourth-order valence-corrected chi connectivity index (χ4v) is 5.50. The van der Waals surface area contributed by atoms with Gasteiger partial charge < -0.3 is 9.80 Å². The highest BCUT2D eigenvalue weighted by Crippen LogP contribution is 2.33. The summed E-state index contributed by atoms with van der Waals surface area (Å²) in [4.78, 5) is 39.4. The van der Waals surface area contributed by atoms with Gasteiger partial charge in [0.25, 0.3) is 0 Å². The van der Waals surface area contributed by atoms with E-state index in [1.165, 1.54) is 22.6 Å². The molecule has 0 N–H and O–H groups in total. The van der Waals surface area contributed by atoms with Crippen LogP contribution < -0.4 is 0 Å². The van der Waals surface area contributed by atoms with Gasteiger partial charge in [-0.15, -0.1) is 11.3 Å². The van der Waals surface area contributed by atoms with Gasteiger partial charge in [0.2, 0.25) is 5.91 Å². The number of piperazine rings is 1. The Kier molecular flexibility index (Phi) is 8.79. The molecule has 1 aromatic carbocycles. The molecule has 1 fully saturated rings. The monoisotopic (exact) mass is 532 g/mol. The van der Waals surface area contributed by atoms with Crippen molar-refractivity contribution in [3.63, 3.8) is 0 Å². The van der Waals surface area contributed by atoms with Gasteiger partial charge in [-0.2, -0.15) is 13.2 Å². The maximum absolute atomic E-state index is 12.7. The summed E-state index contributed by atoms with van der Waals surface area (Å²) in [6.07, 6.45) is 1.67. The van der Waals surface area contributed by atoms with Crippen LogP contribution in [0.15, 0.2) is 40.3 Å². The predicted molar refractivity (Wildman–Crippen MR) is 140 cm³/mol. The van der Waals surface area contributed by atoms with E-state index in [-0.39, 0.29) is 23.7 Å². The van der Waals surface area contributed by atoms with Gasteiger partial charge in [0.1, 0.15) is 17.2 Å². The van der Waals surface area contributed by atoms with Gasteiger partial charge in [-0.1, -0.05) is 25.5 Å². The highest BCUT2D eigenvalue weighted by Gasteiger charge is 2.30. The van der Waals surface area contributed by atoms with Crippen LogP contribution in [0.1, 0.15) is 65.4 Å². The number of carbonyl (C=O) groups is 2. The molecule has 6 nitrogen and oxygen atoms in total. The number of fused-ring (bicyclic) bond motifs is 1. The second-order valence-electron chi connectivity index (χ2n) is 9.29. The smallest absolute Gasteiger partial charge is 0.356 e. The summed E-state index contributed by atoms with van der Waals surface area (Å²) in [5.74, 6) is 0.932. The molecule has 198 valence electrons. The minimum absolute atomic E-state index is 0.116. The first kappa shape index (κ1) is 27.0. The van der Waals surface area contributed by atoms with Crippen LogP contribution in [0, 0.1) is 0 Å². The molecule has 0 aliphatic carbocycles. The molecular formula is C27H31F3N4O2S. The molecule has 1 saturated heterocycles. The highest BCUT2D eigenvalue weighted by molar-refractivity contribution is 7.16. The third-order valence-corrected chi connectivity index (χ3v) is 7.97. The molecule has 2 aromatic rings. The molecular weight excluding hydrogens is 501 g/mol. The number of rotatable bonds is 8. The van der Waals surface area contributed by atoms with Crippen molar-refractivity contribution in [1.82, 2.24) is 9.80 Å². The van der Waals surface area contributed by atoms with Crippen LogP contribution >= 0.6 is 11.3 Å². The largest absolute Gasteiger partial charge is 0.416 e. The van der Waals surface area contributed by atoms with E-state index < -0.39 is 11.7 Å². The van der Waals surface area contributed by atoms with E-state index in [4.69, 9.17) is 0 Å². The molecule has 1 amide bonds. The second kappa shape index (κ2) is 12.0. The van der Waals surface area contributed by atoms with Gasteiger partial charge in [-0.05, 0) is 43.0 Å². The van der Waals surface area contributed by atoms with Gasteiger partial charge in [-0.25, -0.2) is 9.98 Å². The Balaban J connectivity index is 1.14. The molecule has 1 aromatic heterocycles. The Bertz CT molecular complexity index is 1160. The van der Waals surface area contributed by atoms with Crippen molar-refractivity contribution in [2.45, 2.75) is 58.0 Å². The lowest BCUT2D eigenvalue weighted by atomic mass is 10.0. The van der Waals surface area contributed by atoms with Crippen LogP contribution in [0.25, 0.3) is 0 Å². The van der Waals surface area contributed by atoms with Crippen molar-refractivity contribution in [2.24, 2.45) is 9.98 Å². The quantitative estimate of drug-likeness (QED) is 0.313. The van der Waals surface area contributed by atoms with Crippen LogP contribution in [-0.2, 0) is 23.8 Å². The summed E-state index contributed by atoms with van der Waals surface area (Å²) in [6, 6.07) is 6.54. The molecule has 0 bridgehead atoms. The van der Waals surface area contributed by atoms with Gasteiger partial charge in [-0.3, -0.25) is 9.59 Å². The first-order valence-electron chi connectivity index (χ1n) is 12.7. The third-order valence-electron chi connectivity index (χ3n) is 6.74. The second-order valence-corrected chi connectivity index (χ2v) is 10.4. The molecule has 0 spiro atoms. The number of amides is 1. The summed E-state index contributed by atoms with van der Waals surface area (Å²) >= 11 is 1.72. The van der Waals surface area contributed by atoms with Crippen LogP contribution in [0.3, 0.4) is 0 Å². The zero-order valence-corrected chi connectivity index (χ0v) is 21.7. The molecule has 3 heterocycles. The standard InChI is InChI=1S/C27H31F3N4O2S/c1-2-22-16-20-17-24(31-18-32-26(20)37-22)33-12-14-34(15-13-33)25(36)7-5-3-4-6-23(35)19-8-10-21(11-9-19)27(28,29)30/h8-11,16,18H,2-7,12-15,17H2,1H3. The van der Waals surface area contributed by atoms with Crippen LogP contribution in [-0.4, -0.2) is 59.8 Å². The lowest BCUT2D eigenvalue weighted by Gasteiger charge is -2.36. The number of benzene rings is 1. The van der Waals surface area contributed by atoms with Gasteiger partial charge in [0.15, 0.2) is 5.78 Å². The number of alkyl halides is 3. The average molecular weight is 533 g/mol. The molecule has 4 rings (SSSR count). The zero-order valence-electron chi connectivity index (χ0n) is 20.9. The summed E-state index contributed by atoms with van der Waals surface area (Å²) < 4.78 is 38.0. The van der Waals surface area contributed by atoms with Crippen molar-refractivity contribution in [3.05, 3.63) is 51.9 Å². The summed E-state index contributed by atoms with van der Waals surface area (Å²) in [6.45, 7) is 4.92. The predicted octanol–water partition coefficient (Wildman–Crippen LogP) is 5.92. The zero-order chi connectivity index (χ0) is 26.4. The topological polar surface area (TPSA) is 65.3 Å². The number of carbonyl (C=O) groups excluding carboxylic acids is 2. The fraction of sp³-hybridized carbons (Fsp3) is 0.481. The minimum Gasteiger partial charge on any atom is -0.356 e. The van der Waals surface area contributed by atoms with E-state index >= 15 is 0 Å². The number of hydrogen-bond acceptors (Lipinski definition) is 6. The fourth-order valence-electron chi connectivity index (χ4n) is 4.54. The van der Waals surface area contributed by atoms with E-state index in [2.05, 4.69) is 27.9 Å². The average Bonchev–Trinajstić information content (AvgIpc) is 3.18. The molecule has 10 heteroatoms. The van der Waals surface area contributed by atoms with Crippen molar-refractivity contribution in [2.75, 3.05) is 26.2 Å². The van der Waals surface area contributed by atoms with Gasteiger partial charge in [0.05, 0.1) is 5.56 Å². The Morgan fingerprint density at radius 3 is 2.38 bits per heavy atom. The first-order valence-corrected chi connectivity index (χ1v) is 13.5. The van der Waals surface area contributed by atoms with Gasteiger partial charge in [0, 0.05) is 55.9 Å². The lowest BCUT2D eigenvalue weighted by molar-refractivity contribution is -0.137. The van der Waals surface area contributed by atoms with E-state index in [1.54, 1.807) is 17.7 Å². The highest BCUT2D eigenvalue weighted by atomic mass is 32.1. The maximum atomic E-state index is 12.7. The van der Waals surface area contributed by atoms with E-state index in [0.29, 0.717) is 32.4 Å². The number of aryl methyl sites for hydroxylation is 1. The number of halogens is 3. The van der Waals surface area contributed by atoms with E-state index in [0.717, 1.165) is 55.3 Å². The number of ketones is 1. The number of hydrogen-bond donors (Lipinski definition) is 0. The number of amidine groups is 1. The minimum atomic E-state index is -4.41. The molecule has 0 unspecified atom stereocenters. The maximum Gasteiger partial charge on any atom is 0.416 e. The molecule has 2 aliphatic heterocycles. The van der Waals surface area contributed by atoms with Crippen LogP contribution in [0.5, 0.6) is 0 Å². The van der Waals surface area contributed by atoms with Crippen LogP contribution in [0.2, 0.25) is 0 Å².